The van der Waals surface area contributed by atoms with Crippen LogP contribution in [-0.2, 0) is 20.8 Å². The number of thioether (sulfide) groups is 1. The van der Waals surface area contributed by atoms with E-state index in [4.69, 9.17) is 9.47 Å². The van der Waals surface area contributed by atoms with Gasteiger partial charge in [-0.3, -0.25) is 14.2 Å². The highest BCUT2D eigenvalue weighted by atomic mass is 32.2. The minimum absolute atomic E-state index is 0.0793. The Morgan fingerprint density at radius 3 is 3.07 bits per heavy atom. The third kappa shape index (κ3) is 5.56. The molecule has 152 valence electrons. The molecule has 0 spiro atoms. The van der Waals surface area contributed by atoms with Crippen molar-refractivity contribution in [2.24, 2.45) is 0 Å². The number of carbonyl (C=O) groups is 1. The smallest absolute Gasteiger partial charge is 0.262 e. The molecule has 1 fully saturated rings. The summed E-state index contributed by atoms with van der Waals surface area (Å²) in [4.78, 5) is 29.7. The Kier molecular flexibility index (Phi) is 7.88. The first-order chi connectivity index (χ1) is 13.7. The molecule has 1 aliphatic heterocycles. The van der Waals surface area contributed by atoms with E-state index < -0.39 is 0 Å². The lowest BCUT2D eigenvalue weighted by molar-refractivity contribution is -0.119. The molecule has 1 N–H and O–H groups in total. The van der Waals surface area contributed by atoms with Gasteiger partial charge in [0, 0.05) is 32.9 Å². The number of rotatable bonds is 10. The molecule has 8 heteroatoms. The molecule has 2 aromatic rings. The molecule has 0 saturated carbocycles. The predicted molar refractivity (Wildman–Crippen MR) is 110 cm³/mol. The fourth-order valence-corrected chi connectivity index (χ4v) is 3.99. The standard InChI is InChI=1S/C20H27N3O4S/c1-2-26-11-6-10-23-19(25)16-8-3-4-9-17(16)22-20(23)28-14-18(24)21-13-15-7-5-12-27-15/h3-4,8-9,15H,2,5-7,10-14H2,1H3,(H,21,24)/t15-/m1/s1. The molecule has 1 aromatic carbocycles. The van der Waals surface area contributed by atoms with Crippen LogP contribution in [-0.4, -0.2) is 53.7 Å². The van der Waals surface area contributed by atoms with E-state index in [2.05, 4.69) is 10.3 Å². The maximum atomic E-state index is 12.9. The molecular weight excluding hydrogens is 378 g/mol. The van der Waals surface area contributed by atoms with Gasteiger partial charge in [-0.25, -0.2) is 4.98 Å². The van der Waals surface area contributed by atoms with Gasteiger partial charge in [0.2, 0.25) is 5.91 Å². The van der Waals surface area contributed by atoms with Crippen molar-refractivity contribution in [3.05, 3.63) is 34.6 Å². The van der Waals surface area contributed by atoms with Gasteiger partial charge in [0.1, 0.15) is 0 Å². The molecule has 3 rings (SSSR count). The van der Waals surface area contributed by atoms with Crippen LogP contribution in [0.5, 0.6) is 0 Å². The first-order valence-electron chi connectivity index (χ1n) is 9.77. The van der Waals surface area contributed by atoms with Gasteiger partial charge in [-0.1, -0.05) is 23.9 Å². The molecule has 0 unspecified atom stereocenters. The topological polar surface area (TPSA) is 82.4 Å². The van der Waals surface area contributed by atoms with Gasteiger partial charge in [0.15, 0.2) is 5.16 Å². The number of hydrogen-bond acceptors (Lipinski definition) is 6. The Labute approximate surface area is 168 Å². The van der Waals surface area contributed by atoms with Crippen molar-refractivity contribution >= 4 is 28.6 Å². The first-order valence-corrected chi connectivity index (χ1v) is 10.8. The van der Waals surface area contributed by atoms with E-state index in [1.165, 1.54) is 11.8 Å². The molecule has 1 aromatic heterocycles. The number of aromatic nitrogens is 2. The van der Waals surface area contributed by atoms with E-state index in [9.17, 15) is 9.59 Å². The summed E-state index contributed by atoms with van der Waals surface area (Å²) in [6.07, 6.45) is 2.86. The van der Waals surface area contributed by atoms with Gasteiger partial charge < -0.3 is 14.8 Å². The van der Waals surface area contributed by atoms with E-state index in [0.717, 1.165) is 19.4 Å². The van der Waals surface area contributed by atoms with Crippen molar-refractivity contribution in [1.82, 2.24) is 14.9 Å². The zero-order valence-electron chi connectivity index (χ0n) is 16.2. The molecule has 0 bridgehead atoms. The van der Waals surface area contributed by atoms with E-state index in [1.807, 2.05) is 25.1 Å². The monoisotopic (exact) mass is 405 g/mol. The third-order valence-electron chi connectivity index (χ3n) is 4.58. The summed E-state index contributed by atoms with van der Waals surface area (Å²) in [6.45, 7) is 4.99. The second-order valence-corrected chi connectivity index (χ2v) is 7.59. The number of nitrogens with one attached hydrogen (secondary N) is 1. The van der Waals surface area contributed by atoms with Gasteiger partial charge in [-0.2, -0.15) is 0 Å². The minimum atomic E-state index is -0.0798. The van der Waals surface area contributed by atoms with Crippen molar-refractivity contribution in [3.8, 4) is 0 Å². The molecule has 0 aliphatic carbocycles. The summed E-state index contributed by atoms with van der Waals surface area (Å²) in [5, 5.41) is 4.06. The normalized spacial score (nSPS) is 16.5. The number of carbonyl (C=O) groups excluding carboxylic acids is 1. The summed E-state index contributed by atoms with van der Waals surface area (Å²) >= 11 is 1.29. The Balaban J connectivity index is 1.68. The largest absolute Gasteiger partial charge is 0.382 e. The van der Waals surface area contributed by atoms with Crippen LogP contribution in [0.4, 0.5) is 0 Å². The second kappa shape index (κ2) is 10.6. The Morgan fingerprint density at radius 1 is 1.43 bits per heavy atom. The molecule has 0 radical (unpaired) electrons. The zero-order chi connectivity index (χ0) is 19.8. The zero-order valence-corrected chi connectivity index (χ0v) is 17.0. The van der Waals surface area contributed by atoms with Gasteiger partial charge in [0.25, 0.3) is 5.56 Å². The first kappa shape index (κ1) is 20.8. The fraction of sp³-hybridized carbons (Fsp3) is 0.550. The van der Waals surface area contributed by atoms with E-state index >= 15 is 0 Å². The summed E-state index contributed by atoms with van der Waals surface area (Å²) < 4.78 is 12.6. The highest BCUT2D eigenvalue weighted by molar-refractivity contribution is 7.99. The molecule has 7 nitrogen and oxygen atoms in total. The predicted octanol–water partition coefficient (Wildman–Crippen LogP) is 2.21. The van der Waals surface area contributed by atoms with Crippen LogP contribution in [0.2, 0.25) is 0 Å². The van der Waals surface area contributed by atoms with Gasteiger partial charge in [-0.15, -0.1) is 0 Å². The summed E-state index contributed by atoms with van der Waals surface area (Å²) in [6, 6.07) is 7.30. The highest BCUT2D eigenvalue weighted by Gasteiger charge is 2.17. The SMILES string of the molecule is CCOCCCn1c(SCC(=O)NC[C@H]2CCCO2)nc2ccccc2c1=O. The number of fused-ring (bicyclic) bond motifs is 1. The van der Waals surface area contributed by atoms with E-state index in [0.29, 0.717) is 48.8 Å². The van der Waals surface area contributed by atoms with E-state index in [1.54, 1.807) is 10.6 Å². The maximum absolute atomic E-state index is 12.9. The Hall–Kier alpha value is -1.90. The van der Waals surface area contributed by atoms with Crippen LogP contribution in [0.15, 0.2) is 34.2 Å². The maximum Gasteiger partial charge on any atom is 0.262 e. The van der Waals surface area contributed by atoms with E-state index in [-0.39, 0.29) is 23.3 Å². The number of nitrogens with zero attached hydrogens (tertiary/aromatic N) is 2. The number of benzene rings is 1. The van der Waals surface area contributed by atoms with Gasteiger partial charge >= 0.3 is 0 Å². The third-order valence-corrected chi connectivity index (χ3v) is 5.56. The highest BCUT2D eigenvalue weighted by Crippen LogP contribution is 2.18. The molecule has 1 aliphatic rings. The number of amides is 1. The van der Waals surface area contributed by atoms with Crippen LogP contribution in [0.3, 0.4) is 0 Å². The average molecular weight is 406 g/mol. The molecule has 28 heavy (non-hydrogen) atoms. The van der Waals surface area contributed by atoms with Crippen LogP contribution in [0.1, 0.15) is 26.2 Å². The molecule has 1 saturated heterocycles. The lowest BCUT2D eigenvalue weighted by atomic mass is 10.2. The minimum Gasteiger partial charge on any atom is -0.382 e. The van der Waals surface area contributed by atoms with Crippen molar-refractivity contribution in [3.63, 3.8) is 0 Å². The second-order valence-electron chi connectivity index (χ2n) is 6.65. The molecule has 1 atom stereocenters. The number of ether oxygens (including phenoxy) is 2. The number of hydrogen-bond donors (Lipinski definition) is 1. The van der Waals surface area contributed by atoms with Crippen LogP contribution in [0, 0.1) is 0 Å². The molecular formula is C20H27N3O4S. The summed E-state index contributed by atoms with van der Waals surface area (Å²) in [7, 11) is 0. The Bertz CT molecular complexity index is 849. The van der Waals surface area contributed by atoms with Crippen LogP contribution < -0.4 is 10.9 Å². The lowest BCUT2D eigenvalue weighted by Crippen LogP contribution is -2.33. The van der Waals surface area contributed by atoms with Crippen molar-refractivity contribution in [1.29, 1.82) is 0 Å². The fourth-order valence-electron chi connectivity index (χ4n) is 3.14. The van der Waals surface area contributed by atoms with Crippen LogP contribution >= 0.6 is 11.8 Å². The van der Waals surface area contributed by atoms with Crippen molar-refractivity contribution in [2.75, 3.05) is 32.1 Å². The molecule has 2 heterocycles. The van der Waals surface area contributed by atoms with Crippen molar-refractivity contribution < 1.29 is 14.3 Å². The van der Waals surface area contributed by atoms with Gasteiger partial charge in [0.05, 0.1) is 22.8 Å². The molecule has 1 amide bonds. The number of para-hydroxylation sites is 1. The van der Waals surface area contributed by atoms with Crippen molar-refractivity contribution in [2.45, 2.75) is 44.0 Å². The Morgan fingerprint density at radius 2 is 2.29 bits per heavy atom. The average Bonchev–Trinajstić information content (AvgIpc) is 3.23. The van der Waals surface area contributed by atoms with Crippen LogP contribution in [0.25, 0.3) is 10.9 Å². The lowest BCUT2D eigenvalue weighted by Gasteiger charge is -2.14. The summed E-state index contributed by atoms with van der Waals surface area (Å²) in [5.74, 6) is 0.131. The van der Waals surface area contributed by atoms with Gasteiger partial charge in [-0.05, 0) is 38.3 Å². The summed E-state index contributed by atoms with van der Waals surface area (Å²) in [5.41, 5.74) is 0.570. The quantitative estimate of drug-likeness (QED) is 0.371.